The van der Waals surface area contributed by atoms with Crippen molar-refractivity contribution in [2.75, 3.05) is 18.9 Å². The van der Waals surface area contributed by atoms with E-state index in [0.29, 0.717) is 18.9 Å². The fraction of sp³-hybridized carbons (Fsp3) is 0.235. The van der Waals surface area contributed by atoms with Crippen molar-refractivity contribution < 1.29 is 9.53 Å². The predicted molar refractivity (Wildman–Crippen MR) is 94.5 cm³/mol. The molecule has 116 valence electrons. The number of carbonyl (C=O) groups excluding carboxylic acids is 1. The second-order valence-corrected chi connectivity index (χ2v) is 6.64. The molecule has 0 unspecified atom stereocenters. The summed E-state index contributed by atoms with van der Waals surface area (Å²) in [7, 11) is 0. The molecule has 0 aromatic heterocycles. The van der Waals surface area contributed by atoms with Crippen LogP contribution >= 0.6 is 27.7 Å². The molecule has 2 aromatic rings. The Labute approximate surface area is 143 Å². The van der Waals surface area contributed by atoms with Crippen LogP contribution < -0.4 is 10.1 Å². The van der Waals surface area contributed by atoms with E-state index in [-0.39, 0.29) is 5.91 Å². The Bertz CT molecular complexity index is 634. The summed E-state index contributed by atoms with van der Waals surface area (Å²) in [5.74, 6) is 1.23. The molecular formula is C17H18BrNO2S. The van der Waals surface area contributed by atoms with Crippen molar-refractivity contribution in [1.29, 1.82) is 0 Å². The molecule has 0 spiro atoms. The average Bonchev–Trinajstić information content (AvgIpc) is 2.51. The lowest BCUT2D eigenvalue weighted by Gasteiger charge is -2.08. The summed E-state index contributed by atoms with van der Waals surface area (Å²) >= 11 is 4.94. The third-order valence-electron chi connectivity index (χ3n) is 2.94. The number of amides is 1. The highest BCUT2D eigenvalue weighted by Crippen LogP contribution is 2.21. The summed E-state index contributed by atoms with van der Waals surface area (Å²) in [6.07, 6.45) is 0. The molecule has 0 aliphatic rings. The van der Waals surface area contributed by atoms with E-state index in [2.05, 4.69) is 21.2 Å². The molecule has 0 atom stereocenters. The number of rotatable bonds is 7. The number of halogens is 1. The number of carbonyl (C=O) groups is 1. The van der Waals surface area contributed by atoms with Gasteiger partial charge in [0.1, 0.15) is 12.4 Å². The van der Waals surface area contributed by atoms with Gasteiger partial charge in [0.2, 0.25) is 5.91 Å². The molecule has 0 aliphatic carbocycles. The van der Waals surface area contributed by atoms with Crippen molar-refractivity contribution >= 4 is 33.6 Å². The van der Waals surface area contributed by atoms with Crippen molar-refractivity contribution in [3.05, 3.63) is 58.6 Å². The van der Waals surface area contributed by atoms with Gasteiger partial charge in [-0.3, -0.25) is 4.79 Å². The first-order valence-corrected chi connectivity index (χ1v) is 8.76. The lowest BCUT2D eigenvalue weighted by atomic mass is 10.2. The van der Waals surface area contributed by atoms with Gasteiger partial charge in [0.15, 0.2) is 0 Å². The topological polar surface area (TPSA) is 38.3 Å². The molecule has 0 bridgehead atoms. The fourth-order valence-corrected chi connectivity index (χ4v) is 3.07. The van der Waals surface area contributed by atoms with Crippen LogP contribution in [0.25, 0.3) is 0 Å². The standard InChI is InChI=1S/C17H18BrNO2S/c1-13-5-2-3-8-16(13)22-12-17(20)19-9-10-21-15-7-4-6-14(18)11-15/h2-8,11H,9-10,12H2,1H3,(H,19,20). The molecule has 0 saturated carbocycles. The highest BCUT2D eigenvalue weighted by atomic mass is 79.9. The molecule has 0 heterocycles. The average molecular weight is 380 g/mol. The first kappa shape index (κ1) is 16.9. The Morgan fingerprint density at radius 1 is 1.23 bits per heavy atom. The normalized spacial score (nSPS) is 10.3. The molecule has 3 nitrogen and oxygen atoms in total. The number of nitrogens with one attached hydrogen (secondary N) is 1. The van der Waals surface area contributed by atoms with E-state index in [1.165, 1.54) is 5.56 Å². The van der Waals surface area contributed by atoms with Crippen molar-refractivity contribution in [3.8, 4) is 5.75 Å². The minimum Gasteiger partial charge on any atom is -0.492 e. The van der Waals surface area contributed by atoms with Gasteiger partial charge in [0.05, 0.1) is 12.3 Å². The van der Waals surface area contributed by atoms with Gasteiger partial charge in [-0.15, -0.1) is 11.8 Å². The summed E-state index contributed by atoms with van der Waals surface area (Å²) in [5.41, 5.74) is 1.19. The highest BCUT2D eigenvalue weighted by Gasteiger charge is 2.04. The van der Waals surface area contributed by atoms with Crippen molar-refractivity contribution in [2.24, 2.45) is 0 Å². The summed E-state index contributed by atoms with van der Waals surface area (Å²) in [6.45, 7) is 3.00. The summed E-state index contributed by atoms with van der Waals surface area (Å²) in [4.78, 5) is 12.9. The first-order valence-electron chi connectivity index (χ1n) is 6.98. The Hall–Kier alpha value is -1.46. The minimum atomic E-state index is 0.0195. The Balaban J connectivity index is 1.65. The quantitative estimate of drug-likeness (QED) is 0.582. The SMILES string of the molecule is Cc1ccccc1SCC(=O)NCCOc1cccc(Br)c1. The fourth-order valence-electron chi connectivity index (χ4n) is 1.83. The molecule has 0 saturated heterocycles. The molecule has 22 heavy (non-hydrogen) atoms. The predicted octanol–water partition coefficient (Wildman–Crippen LogP) is 4.04. The lowest BCUT2D eigenvalue weighted by molar-refractivity contribution is -0.118. The minimum absolute atomic E-state index is 0.0195. The van der Waals surface area contributed by atoms with E-state index < -0.39 is 0 Å². The van der Waals surface area contributed by atoms with Crippen LogP contribution in [0.2, 0.25) is 0 Å². The van der Waals surface area contributed by atoms with Gasteiger partial charge in [-0.25, -0.2) is 0 Å². The lowest BCUT2D eigenvalue weighted by Crippen LogP contribution is -2.29. The van der Waals surface area contributed by atoms with E-state index in [4.69, 9.17) is 4.74 Å². The molecule has 0 radical (unpaired) electrons. The Kier molecular flexibility index (Phi) is 6.80. The van der Waals surface area contributed by atoms with Gasteiger partial charge >= 0.3 is 0 Å². The molecule has 1 amide bonds. The summed E-state index contributed by atoms with van der Waals surface area (Å²) in [5, 5.41) is 2.86. The summed E-state index contributed by atoms with van der Waals surface area (Å²) in [6, 6.07) is 15.7. The summed E-state index contributed by atoms with van der Waals surface area (Å²) < 4.78 is 6.54. The van der Waals surface area contributed by atoms with Gasteiger partial charge in [-0.2, -0.15) is 0 Å². The van der Waals surface area contributed by atoms with Crippen molar-refractivity contribution in [2.45, 2.75) is 11.8 Å². The van der Waals surface area contributed by atoms with Gasteiger partial charge in [-0.05, 0) is 36.8 Å². The van der Waals surface area contributed by atoms with Gasteiger partial charge in [0, 0.05) is 9.37 Å². The van der Waals surface area contributed by atoms with Gasteiger partial charge < -0.3 is 10.1 Å². The van der Waals surface area contributed by atoms with Crippen LogP contribution in [0.1, 0.15) is 5.56 Å². The van der Waals surface area contributed by atoms with Crippen molar-refractivity contribution in [1.82, 2.24) is 5.32 Å². The molecule has 0 aliphatic heterocycles. The highest BCUT2D eigenvalue weighted by molar-refractivity contribution is 9.10. The number of hydrogen-bond acceptors (Lipinski definition) is 3. The number of aryl methyl sites for hydroxylation is 1. The largest absolute Gasteiger partial charge is 0.492 e. The number of thioether (sulfide) groups is 1. The van der Waals surface area contributed by atoms with Crippen LogP contribution in [0.5, 0.6) is 5.75 Å². The molecule has 0 fully saturated rings. The van der Waals surface area contributed by atoms with Crippen LogP contribution in [0.15, 0.2) is 57.9 Å². The second-order valence-electron chi connectivity index (χ2n) is 4.71. The smallest absolute Gasteiger partial charge is 0.230 e. The van der Waals surface area contributed by atoms with Crippen LogP contribution in [0.4, 0.5) is 0 Å². The zero-order chi connectivity index (χ0) is 15.8. The van der Waals surface area contributed by atoms with E-state index in [1.54, 1.807) is 11.8 Å². The van der Waals surface area contributed by atoms with E-state index in [1.807, 2.05) is 55.5 Å². The molecule has 1 N–H and O–H groups in total. The zero-order valence-electron chi connectivity index (χ0n) is 12.3. The van der Waals surface area contributed by atoms with E-state index >= 15 is 0 Å². The molecular weight excluding hydrogens is 362 g/mol. The zero-order valence-corrected chi connectivity index (χ0v) is 14.7. The van der Waals surface area contributed by atoms with E-state index in [9.17, 15) is 4.79 Å². The maximum absolute atomic E-state index is 11.8. The second kappa shape index (κ2) is 8.86. The Morgan fingerprint density at radius 2 is 2.05 bits per heavy atom. The third-order valence-corrected chi connectivity index (χ3v) is 4.61. The third kappa shape index (κ3) is 5.73. The van der Waals surface area contributed by atoms with Gasteiger partial charge in [-0.1, -0.05) is 40.2 Å². The van der Waals surface area contributed by atoms with Crippen LogP contribution in [-0.2, 0) is 4.79 Å². The number of ether oxygens (including phenoxy) is 1. The number of benzene rings is 2. The van der Waals surface area contributed by atoms with Gasteiger partial charge in [0.25, 0.3) is 0 Å². The molecule has 2 aromatic carbocycles. The molecule has 5 heteroatoms. The first-order chi connectivity index (χ1) is 10.6. The molecule has 2 rings (SSSR count). The Morgan fingerprint density at radius 3 is 2.82 bits per heavy atom. The van der Waals surface area contributed by atoms with Crippen LogP contribution in [-0.4, -0.2) is 24.8 Å². The maximum Gasteiger partial charge on any atom is 0.230 e. The van der Waals surface area contributed by atoms with Crippen molar-refractivity contribution in [3.63, 3.8) is 0 Å². The maximum atomic E-state index is 11.8. The van der Waals surface area contributed by atoms with E-state index in [0.717, 1.165) is 15.1 Å². The van der Waals surface area contributed by atoms with Crippen LogP contribution in [0, 0.1) is 6.92 Å². The monoisotopic (exact) mass is 379 g/mol. The van der Waals surface area contributed by atoms with Crippen LogP contribution in [0.3, 0.4) is 0 Å². The number of hydrogen-bond donors (Lipinski definition) is 1.